The van der Waals surface area contributed by atoms with Crippen LogP contribution in [0.4, 0.5) is 5.82 Å². The first-order valence-corrected chi connectivity index (χ1v) is 6.19. The highest BCUT2D eigenvalue weighted by Gasteiger charge is 2.11. The SMILES string of the molecule is N#Cc1ccc(NCCC2CCCNC2)nc1. The topological polar surface area (TPSA) is 60.7 Å². The molecule has 0 amide bonds. The van der Waals surface area contributed by atoms with E-state index in [4.69, 9.17) is 5.26 Å². The third-order valence-electron chi connectivity index (χ3n) is 3.15. The zero-order chi connectivity index (χ0) is 11.9. The van der Waals surface area contributed by atoms with Gasteiger partial charge in [-0.1, -0.05) is 0 Å². The molecule has 0 aromatic carbocycles. The third-order valence-corrected chi connectivity index (χ3v) is 3.15. The maximum absolute atomic E-state index is 8.66. The zero-order valence-corrected chi connectivity index (χ0v) is 9.95. The van der Waals surface area contributed by atoms with Gasteiger partial charge in [0.05, 0.1) is 5.56 Å². The molecule has 0 radical (unpaired) electrons. The predicted octanol–water partition coefficient (Wildman–Crippen LogP) is 1.75. The van der Waals surface area contributed by atoms with Crippen LogP contribution < -0.4 is 10.6 Å². The van der Waals surface area contributed by atoms with Crippen molar-refractivity contribution in [1.29, 1.82) is 5.26 Å². The van der Waals surface area contributed by atoms with Crippen molar-refractivity contribution in [2.45, 2.75) is 19.3 Å². The van der Waals surface area contributed by atoms with Gasteiger partial charge in [-0.25, -0.2) is 4.98 Å². The van der Waals surface area contributed by atoms with Gasteiger partial charge in [0.1, 0.15) is 11.9 Å². The Morgan fingerprint density at radius 2 is 2.47 bits per heavy atom. The van der Waals surface area contributed by atoms with E-state index < -0.39 is 0 Å². The lowest BCUT2D eigenvalue weighted by Gasteiger charge is -2.22. The van der Waals surface area contributed by atoms with Crippen molar-refractivity contribution in [3.8, 4) is 6.07 Å². The van der Waals surface area contributed by atoms with E-state index in [9.17, 15) is 0 Å². The van der Waals surface area contributed by atoms with Crippen LogP contribution >= 0.6 is 0 Å². The number of nitrogens with one attached hydrogen (secondary N) is 2. The predicted molar refractivity (Wildman–Crippen MR) is 67.7 cm³/mol. The van der Waals surface area contributed by atoms with Crippen molar-refractivity contribution >= 4 is 5.82 Å². The van der Waals surface area contributed by atoms with Crippen molar-refractivity contribution in [1.82, 2.24) is 10.3 Å². The number of hydrogen-bond donors (Lipinski definition) is 2. The average molecular weight is 230 g/mol. The fraction of sp³-hybridized carbons (Fsp3) is 0.538. The number of rotatable bonds is 4. The first kappa shape index (κ1) is 11.9. The summed E-state index contributed by atoms with van der Waals surface area (Å²) in [6.07, 6.45) is 5.40. The quantitative estimate of drug-likeness (QED) is 0.827. The van der Waals surface area contributed by atoms with Crippen LogP contribution in [0.3, 0.4) is 0 Å². The van der Waals surface area contributed by atoms with Gasteiger partial charge in [-0.3, -0.25) is 0 Å². The van der Waals surface area contributed by atoms with Crippen LogP contribution in [0.1, 0.15) is 24.8 Å². The Hall–Kier alpha value is -1.60. The molecule has 1 fully saturated rings. The zero-order valence-electron chi connectivity index (χ0n) is 9.95. The molecule has 1 aliphatic rings. The average Bonchev–Trinajstić information content (AvgIpc) is 2.41. The smallest absolute Gasteiger partial charge is 0.125 e. The summed E-state index contributed by atoms with van der Waals surface area (Å²) < 4.78 is 0. The summed E-state index contributed by atoms with van der Waals surface area (Å²) >= 11 is 0. The first-order valence-electron chi connectivity index (χ1n) is 6.19. The third kappa shape index (κ3) is 3.72. The van der Waals surface area contributed by atoms with Gasteiger partial charge in [0.15, 0.2) is 0 Å². The number of pyridine rings is 1. The molecule has 1 atom stereocenters. The fourth-order valence-electron chi connectivity index (χ4n) is 2.14. The van der Waals surface area contributed by atoms with E-state index >= 15 is 0 Å². The highest BCUT2D eigenvalue weighted by molar-refractivity contribution is 5.38. The van der Waals surface area contributed by atoms with Gasteiger partial charge in [0, 0.05) is 12.7 Å². The minimum absolute atomic E-state index is 0.604. The number of nitrogens with zero attached hydrogens (tertiary/aromatic N) is 2. The normalized spacial score (nSPS) is 19.6. The molecule has 0 saturated carbocycles. The highest BCUT2D eigenvalue weighted by atomic mass is 15.0. The minimum Gasteiger partial charge on any atom is -0.370 e. The highest BCUT2D eigenvalue weighted by Crippen LogP contribution is 2.14. The molecule has 90 valence electrons. The lowest BCUT2D eigenvalue weighted by molar-refractivity contribution is 0.364. The molecule has 4 nitrogen and oxygen atoms in total. The molecule has 1 aliphatic heterocycles. The van der Waals surface area contributed by atoms with Gasteiger partial charge in [-0.15, -0.1) is 0 Å². The maximum Gasteiger partial charge on any atom is 0.125 e. The molecule has 1 unspecified atom stereocenters. The van der Waals surface area contributed by atoms with Gasteiger partial charge >= 0.3 is 0 Å². The first-order chi connectivity index (χ1) is 8.38. The Balaban J connectivity index is 1.72. The van der Waals surface area contributed by atoms with E-state index in [1.165, 1.54) is 25.8 Å². The molecule has 2 N–H and O–H groups in total. The van der Waals surface area contributed by atoms with E-state index in [0.717, 1.165) is 24.8 Å². The van der Waals surface area contributed by atoms with Crippen molar-refractivity contribution < 1.29 is 0 Å². The van der Waals surface area contributed by atoms with E-state index in [-0.39, 0.29) is 0 Å². The minimum atomic E-state index is 0.604. The Labute approximate surface area is 102 Å². The Morgan fingerprint density at radius 1 is 1.53 bits per heavy atom. The monoisotopic (exact) mass is 230 g/mol. The standard InChI is InChI=1S/C13H18N4/c14-8-12-3-4-13(17-10-12)16-7-5-11-2-1-6-15-9-11/h3-4,10-11,15H,1-2,5-7,9H2,(H,16,17). The molecule has 1 aromatic rings. The Morgan fingerprint density at radius 3 is 3.12 bits per heavy atom. The number of anilines is 1. The number of nitriles is 1. The molecule has 1 saturated heterocycles. The van der Waals surface area contributed by atoms with E-state index in [0.29, 0.717) is 5.56 Å². The van der Waals surface area contributed by atoms with Gasteiger partial charge in [0.2, 0.25) is 0 Å². The largest absolute Gasteiger partial charge is 0.370 e. The summed E-state index contributed by atoms with van der Waals surface area (Å²) in [6.45, 7) is 3.26. The van der Waals surface area contributed by atoms with Crippen molar-refractivity contribution in [3.05, 3.63) is 23.9 Å². The Bertz CT molecular complexity index is 373. The lowest BCUT2D eigenvalue weighted by atomic mass is 9.96. The molecule has 2 heterocycles. The molecule has 0 spiro atoms. The molecule has 0 bridgehead atoms. The van der Waals surface area contributed by atoms with Crippen molar-refractivity contribution in [2.75, 3.05) is 25.0 Å². The van der Waals surface area contributed by atoms with Crippen LogP contribution in [0, 0.1) is 17.2 Å². The number of aromatic nitrogens is 1. The van der Waals surface area contributed by atoms with Crippen LogP contribution in [-0.4, -0.2) is 24.6 Å². The lowest BCUT2D eigenvalue weighted by Crippen LogP contribution is -2.30. The van der Waals surface area contributed by atoms with E-state index in [2.05, 4.69) is 21.7 Å². The number of piperidine rings is 1. The summed E-state index contributed by atoms with van der Waals surface area (Å²) in [7, 11) is 0. The molecule has 17 heavy (non-hydrogen) atoms. The van der Waals surface area contributed by atoms with E-state index in [1.54, 1.807) is 12.3 Å². The van der Waals surface area contributed by atoms with Crippen LogP contribution in [0.25, 0.3) is 0 Å². The summed E-state index contributed by atoms with van der Waals surface area (Å²) in [5, 5.41) is 15.4. The van der Waals surface area contributed by atoms with Gasteiger partial charge in [-0.2, -0.15) is 5.26 Å². The summed E-state index contributed by atoms with van der Waals surface area (Å²) in [4.78, 5) is 4.18. The van der Waals surface area contributed by atoms with Gasteiger partial charge < -0.3 is 10.6 Å². The number of hydrogen-bond acceptors (Lipinski definition) is 4. The summed E-state index contributed by atoms with van der Waals surface area (Å²) in [5.41, 5.74) is 0.604. The molecular weight excluding hydrogens is 212 g/mol. The fourth-order valence-corrected chi connectivity index (χ4v) is 2.14. The molecule has 1 aromatic heterocycles. The van der Waals surface area contributed by atoms with Gasteiger partial charge in [0.25, 0.3) is 0 Å². The van der Waals surface area contributed by atoms with E-state index in [1.807, 2.05) is 6.07 Å². The second-order valence-electron chi connectivity index (χ2n) is 4.47. The summed E-state index contributed by atoms with van der Waals surface area (Å²) in [6, 6.07) is 5.71. The van der Waals surface area contributed by atoms with Gasteiger partial charge in [-0.05, 0) is 50.4 Å². The van der Waals surface area contributed by atoms with Crippen molar-refractivity contribution in [2.24, 2.45) is 5.92 Å². The van der Waals surface area contributed by atoms with Crippen LogP contribution in [0.5, 0.6) is 0 Å². The molecule has 0 aliphatic carbocycles. The Kier molecular flexibility index (Phi) is 4.34. The molecular formula is C13H18N4. The molecule has 2 rings (SSSR count). The maximum atomic E-state index is 8.66. The van der Waals surface area contributed by atoms with Crippen LogP contribution in [0.2, 0.25) is 0 Å². The van der Waals surface area contributed by atoms with Crippen LogP contribution in [-0.2, 0) is 0 Å². The second-order valence-corrected chi connectivity index (χ2v) is 4.47. The second kappa shape index (κ2) is 6.21. The van der Waals surface area contributed by atoms with Crippen LogP contribution in [0.15, 0.2) is 18.3 Å². The summed E-state index contributed by atoms with van der Waals surface area (Å²) in [5.74, 6) is 1.64. The van der Waals surface area contributed by atoms with Crippen molar-refractivity contribution in [3.63, 3.8) is 0 Å². The molecule has 4 heteroatoms.